The smallest absolute Gasteiger partial charge is 0.331 e. The Labute approximate surface area is 143 Å². The lowest BCUT2D eigenvalue weighted by atomic mass is 9.99. The van der Waals surface area contributed by atoms with Crippen LogP contribution in [0.15, 0.2) is 42.8 Å². The van der Waals surface area contributed by atoms with Crippen molar-refractivity contribution >= 4 is 17.6 Å². The molecule has 0 saturated carbocycles. The van der Waals surface area contributed by atoms with E-state index in [1.807, 2.05) is 0 Å². The monoisotopic (exact) mass is 344 g/mol. The summed E-state index contributed by atoms with van der Waals surface area (Å²) >= 11 is 0. The summed E-state index contributed by atoms with van der Waals surface area (Å²) in [5, 5.41) is 19.8. The van der Waals surface area contributed by atoms with Crippen molar-refractivity contribution in [3.8, 4) is 11.1 Å². The molecule has 25 heavy (non-hydrogen) atoms. The van der Waals surface area contributed by atoms with Crippen molar-refractivity contribution in [3.05, 3.63) is 64.2 Å². The van der Waals surface area contributed by atoms with Crippen LogP contribution in [0.5, 0.6) is 0 Å². The molecule has 0 bridgehead atoms. The fourth-order valence-electron chi connectivity index (χ4n) is 2.61. The van der Waals surface area contributed by atoms with E-state index in [1.165, 1.54) is 6.07 Å². The van der Waals surface area contributed by atoms with Crippen molar-refractivity contribution in [2.24, 2.45) is 7.05 Å². The molecule has 130 valence electrons. The maximum atomic E-state index is 11.9. The number of benzene rings is 1. The number of hydrogen-bond acceptors (Lipinski definition) is 5. The molecule has 0 unspecified atom stereocenters. The molecule has 1 aromatic heterocycles. The number of carboxylic acids is 1. The van der Waals surface area contributed by atoms with Crippen LogP contribution in [0.4, 0.5) is 5.69 Å². The van der Waals surface area contributed by atoms with E-state index in [0.717, 1.165) is 11.8 Å². The Morgan fingerprint density at radius 2 is 2.04 bits per heavy atom. The third kappa shape index (κ3) is 4.11. The minimum absolute atomic E-state index is 0.0582. The highest BCUT2D eigenvalue weighted by Gasteiger charge is 2.23. The number of aryl methyl sites for hydroxylation is 2. The third-order valence-corrected chi connectivity index (χ3v) is 3.59. The molecule has 0 fully saturated rings. The molecule has 0 aliphatic carbocycles. The second-order valence-corrected chi connectivity index (χ2v) is 5.33. The highest BCUT2D eigenvalue weighted by molar-refractivity contribution is 5.83. The predicted molar refractivity (Wildman–Crippen MR) is 88.8 cm³/mol. The zero-order valence-electron chi connectivity index (χ0n) is 13.6. The fraction of sp³-hybridized carbons (Fsp3) is 0.176. The van der Waals surface area contributed by atoms with Crippen LogP contribution in [-0.4, -0.2) is 26.5 Å². The molecule has 2 aromatic rings. The molecule has 0 radical (unpaired) electrons. The molecule has 2 rings (SSSR count). The predicted octanol–water partition coefficient (Wildman–Crippen LogP) is 2.59. The maximum Gasteiger partial charge on any atom is 0.331 e. The van der Waals surface area contributed by atoms with E-state index in [0.29, 0.717) is 22.9 Å². The second-order valence-electron chi connectivity index (χ2n) is 5.33. The average molecular weight is 344 g/mol. The van der Waals surface area contributed by atoms with Gasteiger partial charge in [-0.25, -0.2) is 4.79 Å². The largest absolute Gasteiger partial charge is 0.478 e. The number of aliphatic carboxylic acids is 1. The summed E-state index contributed by atoms with van der Waals surface area (Å²) in [6, 6.07) is 6.29. The topological polar surface area (TPSA) is 112 Å². The van der Waals surface area contributed by atoms with Gasteiger partial charge in [0.15, 0.2) is 0 Å². The highest BCUT2D eigenvalue weighted by atomic mass is 16.6. The number of rotatable bonds is 6. The van der Waals surface area contributed by atoms with Gasteiger partial charge in [-0.1, -0.05) is 12.1 Å². The molecule has 1 aromatic carbocycles. The first-order valence-corrected chi connectivity index (χ1v) is 7.28. The summed E-state index contributed by atoms with van der Waals surface area (Å²) < 4.78 is 6.44. The van der Waals surface area contributed by atoms with Gasteiger partial charge in [-0.3, -0.25) is 14.9 Å². The second kappa shape index (κ2) is 7.43. The summed E-state index contributed by atoms with van der Waals surface area (Å²) in [6.07, 6.45) is 3.11. The van der Waals surface area contributed by atoms with Crippen molar-refractivity contribution in [3.63, 3.8) is 0 Å². The van der Waals surface area contributed by atoms with Crippen molar-refractivity contribution in [1.29, 1.82) is 0 Å². The number of nitro groups is 1. The molecule has 0 aliphatic heterocycles. The summed E-state index contributed by atoms with van der Waals surface area (Å²) in [5.74, 6) is -1.90. The van der Waals surface area contributed by atoms with E-state index < -0.39 is 16.9 Å². The van der Waals surface area contributed by atoms with E-state index in [9.17, 15) is 19.7 Å². The van der Waals surface area contributed by atoms with E-state index in [1.54, 1.807) is 42.9 Å². The number of nitrogens with zero attached hydrogens (tertiary/aromatic N) is 2. The molecular formula is C17H16N2O6. The molecule has 8 nitrogen and oxygen atoms in total. The van der Waals surface area contributed by atoms with Crippen molar-refractivity contribution in [2.75, 3.05) is 0 Å². The van der Waals surface area contributed by atoms with Gasteiger partial charge in [-0.15, -0.1) is 0 Å². The minimum atomic E-state index is -1.23. The Kier molecular flexibility index (Phi) is 5.33. The summed E-state index contributed by atoms with van der Waals surface area (Å²) in [5.41, 5.74) is 2.27. The zero-order valence-corrected chi connectivity index (χ0v) is 13.6. The number of nitro benzene ring substituents is 1. The minimum Gasteiger partial charge on any atom is -0.478 e. The van der Waals surface area contributed by atoms with Gasteiger partial charge in [0.25, 0.3) is 5.69 Å². The van der Waals surface area contributed by atoms with Crippen molar-refractivity contribution in [2.45, 2.75) is 13.3 Å². The van der Waals surface area contributed by atoms with Crippen molar-refractivity contribution in [1.82, 2.24) is 4.57 Å². The standard InChI is InChI=1S/C17H16N2O6/c1-11-10-18(2)14(9-16(22)25-8-7-15(20)21)17(11)12-5-3-4-6-13(12)19(23)24/h3-8,10H,9H2,1-2H3,(H,20,21). The fourth-order valence-corrected chi connectivity index (χ4v) is 2.61. The Hall–Kier alpha value is -3.42. The first kappa shape index (κ1) is 17.9. The van der Waals surface area contributed by atoms with Gasteiger partial charge in [0.1, 0.15) is 6.26 Å². The number of esters is 1. The van der Waals surface area contributed by atoms with Crippen LogP contribution in [0.2, 0.25) is 0 Å². The van der Waals surface area contributed by atoms with Crippen LogP contribution in [0.1, 0.15) is 11.3 Å². The van der Waals surface area contributed by atoms with Crippen LogP contribution in [0, 0.1) is 17.0 Å². The number of aromatic nitrogens is 1. The Morgan fingerprint density at radius 1 is 1.36 bits per heavy atom. The number of carboxylic acid groups (broad SMARTS) is 1. The third-order valence-electron chi connectivity index (χ3n) is 3.59. The lowest BCUT2D eigenvalue weighted by Gasteiger charge is -2.08. The zero-order chi connectivity index (χ0) is 18.6. The van der Waals surface area contributed by atoms with Crippen LogP contribution in [-0.2, 0) is 27.8 Å². The van der Waals surface area contributed by atoms with Crippen LogP contribution >= 0.6 is 0 Å². The number of carbonyl (C=O) groups excluding carboxylic acids is 1. The molecule has 1 N–H and O–H groups in total. The van der Waals surface area contributed by atoms with Gasteiger partial charge in [-0.05, 0) is 18.6 Å². The van der Waals surface area contributed by atoms with E-state index in [-0.39, 0.29) is 12.1 Å². The van der Waals surface area contributed by atoms with Crippen molar-refractivity contribution < 1.29 is 24.4 Å². The highest BCUT2D eigenvalue weighted by Crippen LogP contribution is 2.35. The number of hydrogen-bond donors (Lipinski definition) is 1. The normalized spacial score (nSPS) is 10.8. The maximum absolute atomic E-state index is 11.9. The molecule has 0 aliphatic rings. The van der Waals surface area contributed by atoms with Gasteiger partial charge < -0.3 is 14.4 Å². The molecule has 0 atom stereocenters. The molecule has 0 amide bonds. The van der Waals surface area contributed by atoms with E-state index >= 15 is 0 Å². The van der Waals surface area contributed by atoms with Crippen LogP contribution in [0.3, 0.4) is 0 Å². The average Bonchev–Trinajstić information content (AvgIpc) is 2.80. The number of para-hydroxylation sites is 1. The van der Waals surface area contributed by atoms with Crippen LogP contribution < -0.4 is 0 Å². The SMILES string of the molecule is Cc1cn(C)c(CC(=O)OC=CC(=O)O)c1-c1ccccc1[N+](=O)[O-]. The molecule has 8 heteroatoms. The molecular weight excluding hydrogens is 328 g/mol. The summed E-state index contributed by atoms with van der Waals surface area (Å²) in [7, 11) is 1.72. The summed E-state index contributed by atoms with van der Waals surface area (Å²) in [4.78, 5) is 33.2. The Morgan fingerprint density at radius 3 is 2.68 bits per heavy atom. The number of ether oxygens (including phenoxy) is 1. The molecule has 0 spiro atoms. The quantitative estimate of drug-likeness (QED) is 0.283. The van der Waals surface area contributed by atoms with Gasteiger partial charge in [-0.2, -0.15) is 0 Å². The van der Waals surface area contributed by atoms with Gasteiger partial charge >= 0.3 is 11.9 Å². The van der Waals surface area contributed by atoms with E-state index in [2.05, 4.69) is 0 Å². The van der Waals surface area contributed by atoms with Gasteiger partial charge in [0, 0.05) is 30.6 Å². The summed E-state index contributed by atoms with van der Waals surface area (Å²) in [6.45, 7) is 1.80. The Balaban J connectivity index is 2.41. The van der Waals surface area contributed by atoms with Crippen LogP contribution in [0.25, 0.3) is 11.1 Å². The van der Waals surface area contributed by atoms with Gasteiger partial charge in [0.2, 0.25) is 0 Å². The first-order valence-electron chi connectivity index (χ1n) is 7.28. The molecule has 0 saturated heterocycles. The number of carbonyl (C=O) groups is 2. The lowest BCUT2D eigenvalue weighted by Crippen LogP contribution is -2.09. The van der Waals surface area contributed by atoms with E-state index in [4.69, 9.17) is 9.84 Å². The molecule has 1 heterocycles. The first-order chi connectivity index (χ1) is 11.8. The lowest BCUT2D eigenvalue weighted by molar-refractivity contribution is -0.384. The Bertz CT molecular complexity index is 866. The van der Waals surface area contributed by atoms with Gasteiger partial charge in [0.05, 0.1) is 23.0 Å².